The molecular weight excluding hydrogens is 879 g/mol. The molecule has 8 N–H and O–H groups in total. The quantitative estimate of drug-likeness (QED) is 0.0428. The van der Waals surface area contributed by atoms with Gasteiger partial charge in [0, 0.05) is 215 Å². The van der Waals surface area contributed by atoms with E-state index in [0.717, 1.165) is 28.4 Å². The summed E-state index contributed by atoms with van der Waals surface area (Å²) in [6.45, 7) is -0.181. The molecule has 27 heteroatoms. The smallest absolute Gasteiger partial charge is 1.00 e. The Labute approximate surface area is 419 Å². The van der Waals surface area contributed by atoms with Gasteiger partial charge < -0.3 is 42.4 Å². The molecule has 1 unspecified atom stereocenters. The van der Waals surface area contributed by atoms with Gasteiger partial charge in [-0.05, 0) is 9.47 Å². The zero-order chi connectivity index (χ0) is 41.1. The Morgan fingerprint density at radius 3 is 1.03 bits per heavy atom. The first-order valence-corrected chi connectivity index (χ1v) is 16.9. The van der Waals surface area contributed by atoms with Gasteiger partial charge in [-0.1, -0.05) is 7.43 Å². The van der Waals surface area contributed by atoms with Crippen molar-refractivity contribution in [2.45, 2.75) is 7.43 Å². The Hall–Kier alpha value is 8.22. The minimum absolute atomic E-state index is 0. The monoisotopic (exact) mass is 964 g/mol. The predicted octanol–water partition coefficient (Wildman–Crippen LogP) is -9.33. The van der Waals surface area contributed by atoms with Crippen LogP contribution in [0.4, 0.5) is 0 Å². The summed E-state index contributed by atoms with van der Waals surface area (Å²) in [7, 11) is 18.1. The number of hydrogen-bond acceptors (Lipinski definition) is 13. The zero-order valence-electron chi connectivity index (χ0n) is 37.2. The van der Waals surface area contributed by atoms with Crippen LogP contribution in [-0.2, 0) is 169 Å². The maximum absolute atomic E-state index is 8.64. The largest absolute Gasteiger partial charge is 1.00 e. The van der Waals surface area contributed by atoms with Crippen molar-refractivity contribution in [1.29, 1.82) is 0 Å². The predicted molar refractivity (Wildman–Crippen MR) is 161 cm³/mol. The molecule has 0 aromatic carbocycles. The molecule has 212 valence electrons. The summed E-state index contributed by atoms with van der Waals surface area (Å²) in [5.74, 6) is 0. The first kappa shape index (κ1) is 53.8. The Morgan fingerprint density at radius 2 is 0.939 bits per heavy atom. The summed E-state index contributed by atoms with van der Waals surface area (Å²) in [4.78, 5) is 18.2. The molecule has 0 aromatic heterocycles. The third kappa shape index (κ3) is 223. The van der Waals surface area contributed by atoms with E-state index in [1.165, 1.54) is 27.2 Å². The molecule has 0 fully saturated rings. The van der Waals surface area contributed by atoms with Crippen molar-refractivity contribution in [2.75, 3.05) is 28.4 Å². The van der Waals surface area contributed by atoms with Crippen LogP contribution in [-0.4, -0.2) is 76.2 Å². The van der Waals surface area contributed by atoms with Crippen molar-refractivity contribution in [3.8, 4) is 0 Å². The fraction of sp³-hybridized carbons (Fsp3) is 0.833. The van der Waals surface area contributed by atoms with Crippen molar-refractivity contribution in [3.05, 3.63) is 0 Å². The second kappa shape index (κ2) is 186. The van der Waals surface area contributed by atoms with Gasteiger partial charge in [0.1, 0.15) is 0 Å². The summed E-state index contributed by atoms with van der Waals surface area (Å²) in [5, 5.41) is 48.4. The first-order chi connectivity index (χ1) is 21.8. The van der Waals surface area contributed by atoms with E-state index in [9.17, 15) is 0 Å². The normalized spacial score (nSPS) is 5.97. The fourth-order valence-corrected chi connectivity index (χ4v) is 16.5. The molecule has 0 aliphatic carbocycles. The third-order valence-corrected chi connectivity index (χ3v) is 15.8. The Morgan fingerprint density at radius 1 is 0.818 bits per heavy atom. The number of rotatable bonds is 1. The molecule has 0 saturated carbocycles. The van der Waals surface area contributed by atoms with Crippen LogP contribution in [0, 0.1) is 0 Å². The SMILES string of the molecule is C.CO.CO.CO.CO.O=CO[O-].OO.OP.S=S=S=S=S=S=S=S=S=S.[3HH].[3H][3H].[3H][3H].[3H][3H].[3H][3H].[3H][3H].[3H][3H].[3H][3H].[3H][3H].[3H][3H].[H-].[K+].[K+].[Na+].[OH-].[Y].[Y]. The number of carbonyl (C=O) groups excluding carboxylic acids is 1. The molecule has 0 aliphatic heterocycles. The van der Waals surface area contributed by atoms with Gasteiger partial charge >= 0.3 is 132 Å². The van der Waals surface area contributed by atoms with Crippen molar-refractivity contribution in [3.63, 3.8) is 0 Å². The summed E-state index contributed by atoms with van der Waals surface area (Å²) < 4.78 is 90.0. The van der Waals surface area contributed by atoms with Crippen LogP contribution in [0.1, 0.15) is 37.0 Å². The molecule has 0 bridgehead atoms. The minimum Gasteiger partial charge on any atom is -1.00 e. The van der Waals surface area contributed by atoms with Crippen molar-refractivity contribution >= 4 is 109 Å². The summed E-state index contributed by atoms with van der Waals surface area (Å²) >= 11 is 9.31. The maximum atomic E-state index is 8.64. The minimum atomic E-state index is -0.181. The molecule has 33 heavy (non-hydrogen) atoms. The van der Waals surface area contributed by atoms with Gasteiger partial charge in [0.15, 0.2) is 0 Å². The van der Waals surface area contributed by atoms with E-state index in [4.69, 9.17) is 72.6 Å². The van der Waals surface area contributed by atoms with Crippen LogP contribution in [0.2, 0.25) is 0 Å². The van der Waals surface area contributed by atoms with Crippen LogP contribution >= 0.6 is 9.47 Å². The molecule has 1 atom stereocenters. The van der Waals surface area contributed by atoms with Gasteiger partial charge in [-0.15, -0.1) is 0 Å². The van der Waals surface area contributed by atoms with Gasteiger partial charge in [-0.2, -0.15) is 0 Å². The first-order valence-electron chi connectivity index (χ1n) is 13.4. The number of hydrogen-bond donors (Lipinski definition) is 7. The molecule has 0 rings (SSSR count). The standard InChI is InChI=1S/CH2O3.4CH4O.CH4.2K.Na.H2O2.H3OP.H2O.S10.2Y.10H2.H/c2-1-4-3;4*1-2;;;;;2*1-2;;1-3-5-7-9-10-8-6-4-2;;;;;;;;;;;;;/h1,3H;4*2H,1H3;1H4;;;;1-2H;1H,2H2;1H2;;;;10*1H;/q;;;;;;3*+1;;;;;;;;;;;;;;;;;-1/p-2/i;;;;;;;;;;;;;;;9*1+2T;1+2;. The van der Waals surface area contributed by atoms with E-state index >= 15 is 0 Å². The van der Waals surface area contributed by atoms with Crippen molar-refractivity contribution in [1.82, 2.24) is 0 Å². The van der Waals surface area contributed by atoms with Gasteiger partial charge in [0.05, 0.1) is 0 Å². The Balaban J connectivity index is -0.00000000635. The summed E-state index contributed by atoms with van der Waals surface area (Å²) in [6.07, 6.45) is 0. The Bertz CT molecular complexity index is 515. The average Bonchev–Trinajstić information content (AvgIpc) is 3.22. The van der Waals surface area contributed by atoms with Crippen molar-refractivity contribution in [2.24, 2.45) is 0 Å². The van der Waals surface area contributed by atoms with E-state index < -0.39 is 0 Å². The van der Waals surface area contributed by atoms with E-state index in [2.05, 4.69) is 27.3 Å². The maximum Gasteiger partial charge on any atom is 1.00 e. The molecule has 0 aliphatic rings. The molecule has 0 spiro atoms. The van der Waals surface area contributed by atoms with E-state index in [-0.39, 0.29) is 220 Å². The van der Waals surface area contributed by atoms with Crippen LogP contribution in [0.5, 0.6) is 0 Å². The number of aliphatic hydroxyl groups is 4. The van der Waals surface area contributed by atoms with Crippen molar-refractivity contribution < 1.29 is 284 Å². The third-order valence-electron chi connectivity index (χ3n) is 0.234. The Kier molecular flexibility index (Phi) is 304. The second-order valence-electron chi connectivity index (χ2n) is 0.737. The molecular formula is C6H48K2NaO11PS10Y2. The fourth-order valence-electron chi connectivity index (χ4n) is 0.0680. The second-order valence-corrected chi connectivity index (χ2v) is 14.9. The van der Waals surface area contributed by atoms with Crippen LogP contribution < -0.4 is 138 Å². The average molecular weight is 965 g/mol. The van der Waals surface area contributed by atoms with Gasteiger partial charge in [0.2, 0.25) is 0 Å². The number of aliphatic hydroxyl groups excluding tert-OH is 4. The van der Waals surface area contributed by atoms with Crippen LogP contribution in [0.15, 0.2) is 0 Å². The van der Waals surface area contributed by atoms with Gasteiger partial charge in [0.25, 0.3) is 6.47 Å². The summed E-state index contributed by atoms with van der Waals surface area (Å²) in [6, 6.07) is 0. The summed E-state index contributed by atoms with van der Waals surface area (Å²) in [5.41, 5.74) is 0. The van der Waals surface area contributed by atoms with Gasteiger partial charge in [-0.25, -0.2) is 0 Å². The van der Waals surface area contributed by atoms with E-state index in [1.54, 1.807) is 53.3 Å². The van der Waals surface area contributed by atoms with E-state index in [1.807, 2.05) is 0 Å². The molecule has 0 saturated heterocycles. The molecule has 0 aromatic rings. The molecule has 0 heterocycles. The molecule has 2 radical (unpaired) electrons. The van der Waals surface area contributed by atoms with Crippen LogP contribution in [0.3, 0.4) is 0 Å². The topological polar surface area (TPSA) is 221 Å². The van der Waals surface area contributed by atoms with Crippen LogP contribution in [0.25, 0.3) is 0 Å². The molecule has 0 amide bonds. The number of carbonyl (C=O) groups is 1. The van der Waals surface area contributed by atoms with E-state index in [0.29, 0.717) is 0 Å². The molecule has 11 nitrogen and oxygen atoms in total. The van der Waals surface area contributed by atoms with Gasteiger partial charge in [-0.3, -0.25) is 15.3 Å². The zero-order valence-corrected chi connectivity index (χ0v) is 41.4.